The Bertz CT molecular complexity index is 799. The SMILES string of the molecule is CCOc1ccc([C@H]2[C@@H](c3ccccn3)N=C3S[C@@H](C)CN32)cc1Cl. The average Bonchev–Trinajstić information content (AvgIpc) is 3.13. The zero-order valence-corrected chi connectivity index (χ0v) is 15.8. The third kappa shape index (κ3) is 3.11. The highest BCUT2D eigenvalue weighted by molar-refractivity contribution is 8.14. The molecule has 0 spiro atoms. The van der Waals surface area contributed by atoms with E-state index in [1.807, 2.05) is 55.2 Å². The molecule has 0 N–H and O–H groups in total. The van der Waals surface area contributed by atoms with Crippen molar-refractivity contribution in [2.24, 2.45) is 4.99 Å². The lowest BCUT2D eigenvalue weighted by Crippen LogP contribution is -2.28. The molecule has 6 heteroatoms. The van der Waals surface area contributed by atoms with Crippen LogP contribution < -0.4 is 4.74 Å². The van der Waals surface area contributed by atoms with Crippen molar-refractivity contribution in [3.8, 4) is 5.75 Å². The van der Waals surface area contributed by atoms with Gasteiger partial charge < -0.3 is 9.64 Å². The molecule has 1 saturated heterocycles. The zero-order valence-electron chi connectivity index (χ0n) is 14.2. The van der Waals surface area contributed by atoms with Gasteiger partial charge in [0.2, 0.25) is 0 Å². The summed E-state index contributed by atoms with van der Waals surface area (Å²) in [7, 11) is 0. The number of aromatic nitrogens is 1. The fourth-order valence-corrected chi connectivity index (χ4v) is 4.79. The van der Waals surface area contributed by atoms with Crippen molar-refractivity contribution in [2.75, 3.05) is 13.2 Å². The second kappa shape index (κ2) is 6.89. The second-order valence-electron chi connectivity index (χ2n) is 6.26. The first kappa shape index (κ1) is 16.7. The van der Waals surface area contributed by atoms with Crippen LogP contribution in [0.25, 0.3) is 0 Å². The smallest absolute Gasteiger partial charge is 0.160 e. The van der Waals surface area contributed by atoms with Crippen LogP contribution in [0.3, 0.4) is 0 Å². The monoisotopic (exact) mass is 373 g/mol. The molecule has 1 aromatic heterocycles. The van der Waals surface area contributed by atoms with Gasteiger partial charge >= 0.3 is 0 Å². The summed E-state index contributed by atoms with van der Waals surface area (Å²) in [6.07, 6.45) is 1.83. The van der Waals surface area contributed by atoms with Crippen LogP contribution in [-0.4, -0.2) is 33.5 Å². The minimum absolute atomic E-state index is 0.00906. The number of aliphatic imine (C=N–C) groups is 1. The molecule has 1 aromatic carbocycles. The molecule has 25 heavy (non-hydrogen) atoms. The van der Waals surface area contributed by atoms with E-state index in [9.17, 15) is 0 Å². The van der Waals surface area contributed by atoms with Gasteiger partial charge in [-0.2, -0.15) is 0 Å². The van der Waals surface area contributed by atoms with Gasteiger partial charge in [-0.3, -0.25) is 9.98 Å². The van der Waals surface area contributed by atoms with E-state index in [0.29, 0.717) is 16.9 Å². The van der Waals surface area contributed by atoms with Crippen LogP contribution in [0.1, 0.15) is 37.2 Å². The Hall–Kier alpha value is -1.72. The van der Waals surface area contributed by atoms with Crippen molar-refractivity contribution in [1.29, 1.82) is 0 Å². The molecule has 0 unspecified atom stereocenters. The molecule has 4 rings (SSSR count). The van der Waals surface area contributed by atoms with E-state index >= 15 is 0 Å². The minimum Gasteiger partial charge on any atom is -0.492 e. The Morgan fingerprint density at radius 1 is 1.32 bits per heavy atom. The molecule has 0 amide bonds. The lowest BCUT2D eigenvalue weighted by Gasteiger charge is -2.27. The number of halogens is 1. The number of thioether (sulfide) groups is 1. The lowest BCUT2D eigenvalue weighted by atomic mass is 9.96. The molecule has 2 aliphatic heterocycles. The van der Waals surface area contributed by atoms with Gasteiger partial charge in [-0.25, -0.2) is 0 Å². The number of pyridine rings is 1. The Morgan fingerprint density at radius 3 is 2.92 bits per heavy atom. The standard InChI is InChI=1S/C19H20ClN3OS/c1-3-24-16-8-7-13(10-14(16)20)18-17(15-6-4-5-9-21-15)22-19-23(18)11-12(2)25-19/h4-10,12,17-18H,3,11H2,1-2H3/t12-,17+,18-/m0/s1. The highest BCUT2D eigenvalue weighted by Gasteiger charge is 2.43. The average molecular weight is 374 g/mol. The third-order valence-corrected chi connectivity index (χ3v) is 5.88. The first-order chi connectivity index (χ1) is 12.2. The summed E-state index contributed by atoms with van der Waals surface area (Å²) >= 11 is 8.29. The van der Waals surface area contributed by atoms with Crippen LogP contribution in [0.5, 0.6) is 5.75 Å². The molecular weight excluding hydrogens is 354 g/mol. The van der Waals surface area contributed by atoms with Gasteiger partial charge in [0, 0.05) is 18.0 Å². The molecule has 1 fully saturated rings. The maximum Gasteiger partial charge on any atom is 0.160 e. The largest absolute Gasteiger partial charge is 0.492 e. The van der Waals surface area contributed by atoms with Crippen LogP contribution in [0.15, 0.2) is 47.6 Å². The Kier molecular flexibility index (Phi) is 4.61. The van der Waals surface area contributed by atoms with Crippen molar-refractivity contribution in [2.45, 2.75) is 31.2 Å². The first-order valence-electron chi connectivity index (χ1n) is 8.51. The first-order valence-corrected chi connectivity index (χ1v) is 9.77. The van der Waals surface area contributed by atoms with E-state index < -0.39 is 0 Å². The molecule has 0 aliphatic carbocycles. The topological polar surface area (TPSA) is 37.7 Å². The summed E-state index contributed by atoms with van der Waals surface area (Å²) in [5.41, 5.74) is 2.14. The quantitative estimate of drug-likeness (QED) is 0.776. The van der Waals surface area contributed by atoms with Gasteiger partial charge in [-0.1, -0.05) is 42.4 Å². The summed E-state index contributed by atoms with van der Waals surface area (Å²) in [6.45, 7) is 5.79. The second-order valence-corrected chi connectivity index (χ2v) is 8.07. The lowest BCUT2D eigenvalue weighted by molar-refractivity contribution is 0.319. The van der Waals surface area contributed by atoms with Crippen LogP contribution >= 0.6 is 23.4 Å². The molecule has 0 bridgehead atoms. The van der Waals surface area contributed by atoms with E-state index in [1.165, 1.54) is 0 Å². The number of rotatable bonds is 4. The van der Waals surface area contributed by atoms with Crippen LogP contribution in [-0.2, 0) is 0 Å². The van der Waals surface area contributed by atoms with Crippen molar-refractivity contribution < 1.29 is 4.74 Å². The molecular formula is C19H20ClN3OS. The maximum atomic E-state index is 6.45. The number of benzene rings is 1. The van der Waals surface area contributed by atoms with E-state index in [1.54, 1.807) is 0 Å². The third-order valence-electron chi connectivity index (χ3n) is 4.48. The molecule has 4 nitrogen and oxygen atoms in total. The number of amidine groups is 1. The van der Waals surface area contributed by atoms with Crippen LogP contribution in [0.4, 0.5) is 0 Å². The van der Waals surface area contributed by atoms with Gasteiger partial charge in [-0.15, -0.1) is 0 Å². The van der Waals surface area contributed by atoms with E-state index in [2.05, 4.69) is 22.9 Å². The molecule has 0 radical (unpaired) electrons. The highest BCUT2D eigenvalue weighted by atomic mass is 35.5. The van der Waals surface area contributed by atoms with E-state index in [4.69, 9.17) is 21.3 Å². The number of hydrogen-bond donors (Lipinski definition) is 0. The molecule has 130 valence electrons. The van der Waals surface area contributed by atoms with Gasteiger partial charge in [0.15, 0.2) is 5.17 Å². The summed E-state index contributed by atoms with van der Waals surface area (Å²) in [5, 5.41) is 2.30. The number of nitrogens with zero attached hydrogens (tertiary/aromatic N) is 3. The van der Waals surface area contributed by atoms with E-state index in [-0.39, 0.29) is 12.1 Å². The van der Waals surface area contributed by atoms with Crippen molar-refractivity contribution >= 4 is 28.5 Å². The Morgan fingerprint density at radius 2 is 2.20 bits per heavy atom. The Labute approximate surface area is 157 Å². The minimum atomic E-state index is -0.00906. The van der Waals surface area contributed by atoms with Crippen LogP contribution in [0, 0.1) is 0 Å². The van der Waals surface area contributed by atoms with Crippen molar-refractivity contribution in [3.63, 3.8) is 0 Å². The van der Waals surface area contributed by atoms with Crippen molar-refractivity contribution in [3.05, 3.63) is 58.9 Å². The molecule has 0 saturated carbocycles. The number of ether oxygens (including phenoxy) is 1. The van der Waals surface area contributed by atoms with Gasteiger partial charge in [0.05, 0.1) is 23.4 Å². The summed E-state index contributed by atoms with van der Waals surface area (Å²) in [4.78, 5) is 11.9. The summed E-state index contributed by atoms with van der Waals surface area (Å²) < 4.78 is 5.58. The molecule has 3 atom stereocenters. The summed E-state index contributed by atoms with van der Waals surface area (Å²) in [6, 6.07) is 12.2. The summed E-state index contributed by atoms with van der Waals surface area (Å²) in [5.74, 6) is 0.727. The number of fused-ring (bicyclic) bond motifs is 1. The predicted molar refractivity (Wildman–Crippen MR) is 104 cm³/mol. The fraction of sp³-hybridized carbons (Fsp3) is 0.368. The normalized spacial score (nSPS) is 25.0. The van der Waals surface area contributed by atoms with E-state index in [0.717, 1.165) is 28.7 Å². The maximum absolute atomic E-state index is 6.45. The van der Waals surface area contributed by atoms with Gasteiger partial charge in [-0.05, 0) is 36.8 Å². The Balaban J connectivity index is 1.73. The molecule has 2 aliphatic rings. The van der Waals surface area contributed by atoms with Gasteiger partial charge in [0.1, 0.15) is 11.8 Å². The predicted octanol–water partition coefficient (Wildman–Crippen LogP) is 4.72. The molecule has 3 heterocycles. The zero-order chi connectivity index (χ0) is 17.4. The van der Waals surface area contributed by atoms with Gasteiger partial charge in [0.25, 0.3) is 0 Å². The van der Waals surface area contributed by atoms with Crippen LogP contribution in [0.2, 0.25) is 5.02 Å². The highest BCUT2D eigenvalue weighted by Crippen LogP contribution is 2.48. The fourth-order valence-electron chi connectivity index (χ4n) is 3.45. The molecule has 2 aromatic rings. The van der Waals surface area contributed by atoms with Crippen molar-refractivity contribution in [1.82, 2.24) is 9.88 Å². The number of hydrogen-bond acceptors (Lipinski definition) is 5.